The third-order valence-electron chi connectivity index (χ3n) is 3.55. The van der Waals surface area contributed by atoms with E-state index in [0.29, 0.717) is 0 Å². The van der Waals surface area contributed by atoms with Crippen molar-refractivity contribution in [3.05, 3.63) is 59.9 Å². The molecule has 1 N–H and O–H groups in total. The van der Waals surface area contributed by atoms with E-state index >= 15 is 0 Å². The first-order valence-electron chi connectivity index (χ1n) is 7.56. The van der Waals surface area contributed by atoms with Crippen molar-refractivity contribution in [2.24, 2.45) is 0 Å². The molecule has 0 aliphatic carbocycles. The molecular weight excluding hydrogens is 464 g/mol. The van der Waals surface area contributed by atoms with E-state index in [1.807, 2.05) is 0 Å². The molecule has 0 spiro atoms. The maximum atomic E-state index is 13.7. The van der Waals surface area contributed by atoms with E-state index in [4.69, 9.17) is 4.74 Å². The number of hydrogen-bond acceptors (Lipinski definition) is 6. The van der Waals surface area contributed by atoms with Gasteiger partial charge in [0, 0.05) is 0 Å². The smallest absolute Gasteiger partial charge is 0.811 e. The fourth-order valence-electron chi connectivity index (χ4n) is 2.39. The van der Waals surface area contributed by atoms with Crippen LogP contribution in [0.25, 0.3) is 0 Å². The first-order valence-corrected chi connectivity index (χ1v) is 10.8. The van der Waals surface area contributed by atoms with Crippen LogP contribution in [0.15, 0.2) is 48.5 Å². The van der Waals surface area contributed by atoms with Crippen molar-refractivity contribution in [3.8, 4) is 11.5 Å². The fraction of sp³-hybridized carbons (Fsp3) is 0.250. The molecule has 2 rings (SSSR count). The van der Waals surface area contributed by atoms with Crippen molar-refractivity contribution in [1.82, 2.24) is 0 Å². The van der Waals surface area contributed by atoms with Crippen LogP contribution >= 0.6 is 7.60 Å². The van der Waals surface area contributed by atoms with Crippen LogP contribution in [0.4, 0.5) is 4.39 Å². The van der Waals surface area contributed by atoms with Gasteiger partial charge in [-0.05, 0) is 48.8 Å². The standard InChI is InChI=1S/C16H18FO7PS.2K/c17-14-7-1-2-8-15(14)24-13-6-3-5-12(11-13)16(26(21,22)23)9-4-10-25(18,19)20;;/h1-3,5-8,11,16H,4,9-10H2,(H2,18,19,20)(H,21,22,23);;/q;2*+1/p-2. The predicted octanol–water partition coefficient (Wildman–Crippen LogP) is -3.75. The van der Waals surface area contributed by atoms with Gasteiger partial charge in [0.15, 0.2) is 11.6 Å². The second-order valence-corrected chi connectivity index (χ2v) is 8.85. The maximum Gasteiger partial charge on any atom is 1.00 e. The van der Waals surface area contributed by atoms with Gasteiger partial charge < -0.3 is 19.1 Å². The number of benzene rings is 2. The molecule has 2 aromatic carbocycles. The topological polar surface area (TPSA) is 127 Å². The molecule has 0 saturated carbocycles. The summed E-state index contributed by atoms with van der Waals surface area (Å²) < 4.78 is 62.4. The Labute approximate surface area is 248 Å². The number of hydrogen-bond donors (Lipinski definition) is 1. The summed E-state index contributed by atoms with van der Waals surface area (Å²) >= 11 is 0. The molecule has 0 saturated heterocycles. The second-order valence-electron chi connectivity index (χ2n) is 5.59. The van der Waals surface area contributed by atoms with Gasteiger partial charge in [-0.1, -0.05) is 31.9 Å². The Kier molecular flexibility index (Phi) is 13.8. The molecule has 0 aromatic heterocycles. The largest absolute Gasteiger partial charge is 1.00 e. The van der Waals surface area contributed by atoms with Crippen LogP contribution in [0.2, 0.25) is 0 Å². The molecule has 0 amide bonds. The fourth-order valence-corrected chi connectivity index (χ4v) is 3.92. The summed E-state index contributed by atoms with van der Waals surface area (Å²) in [6.07, 6.45) is -1.21. The van der Waals surface area contributed by atoms with Crippen molar-refractivity contribution < 1.29 is 139 Å². The van der Waals surface area contributed by atoms with E-state index < -0.39 is 34.9 Å². The van der Waals surface area contributed by atoms with Gasteiger partial charge in [0.25, 0.3) is 10.1 Å². The van der Waals surface area contributed by atoms with Crippen LogP contribution in [0.5, 0.6) is 11.5 Å². The molecule has 142 valence electrons. The Morgan fingerprint density at radius 1 is 1.11 bits per heavy atom. The first-order chi connectivity index (χ1) is 12.1. The van der Waals surface area contributed by atoms with Gasteiger partial charge in [-0.2, -0.15) is 8.42 Å². The van der Waals surface area contributed by atoms with E-state index in [2.05, 4.69) is 0 Å². The maximum absolute atomic E-state index is 13.7. The molecule has 1 atom stereocenters. The molecule has 0 radical (unpaired) electrons. The zero-order valence-electron chi connectivity index (χ0n) is 15.4. The van der Waals surface area contributed by atoms with Crippen LogP contribution in [0.1, 0.15) is 23.7 Å². The van der Waals surface area contributed by atoms with E-state index in [1.165, 1.54) is 42.5 Å². The van der Waals surface area contributed by atoms with Gasteiger partial charge in [0.2, 0.25) is 0 Å². The molecule has 28 heavy (non-hydrogen) atoms. The van der Waals surface area contributed by atoms with Crippen LogP contribution in [0.3, 0.4) is 0 Å². The van der Waals surface area contributed by atoms with Crippen molar-refractivity contribution >= 4 is 17.7 Å². The summed E-state index contributed by atoms with van der Waals surface area (Å²) in [5.41, 5.74) is 0.132. The van der Waals surface area contributed by atoms with Crippen LogP contribution < -0.4 is 117 Å². The molecule has 0 aliphatic rings. The Morgan fingerprint density at radius 2 is 1.75 bits per heavy atom. The quantitative estimate of drug-likeness (QED) is 0.234. The van der Waals surface area contributed by atoms with Gasteiger partial charge >= 0.3 is 103 Å². The van der Waals surface area contributed by atoms with Crippen LogP contribution in [-0.4, -0.2) is 19.1 Å². The minimum Gasteiger partial charge on any atom is -0.811 e. The van der Waals surface area contributed by atoms with Crippen LogP contribution in [0, 0.1) is 5.82 Å². The van der Waals surface area contributed by atoms with E-state index in [9.17, 15) is 31.7 Å². The molecule has 12 heteroatoms. The summed E-state index contributed by atoms with van der Waals surface area (Å²) in [6, 6.07) is 11.3. The summed E-state index contributed by atoms with van der Waals surface area (Å²) in [5, 5.41) is -1.43. The Balaban J connectivity index is 0.00000364. The molecule has 7 nitrogen and oxygen atoms in total. The number of para-hydroxylation sites is 1. The van der Waals surface area contributed by atoms with Crippen molar-refractivity contribution in [2.45, 2.75) is 18.1 Å². The monoisotopic (exact) mass is 480 g/mol. The number of halogens is 1. The van der Waals surface area contributed by atoms with Crippen molar-refractivity contribution in [3.63, 3.8) is 0 Å². The third-order valence-corrected chi connectivity index (χ3v) is 5.64. The van der Waals surface area contributed by atoms with Crippen LogP contribution in [-0.2, 0) is 14.7 Å². The van der Waals surface area contributed by atoms with E-state index in [-0.39, 0.29) is 133 Å². The molecule has 0 aliphatic heterocycles. The summed E-state index contributed by atoms with van der Waals surface area (Å²) in [4.78, 5) is 21.4. The van der Waals surface area contributed by atoms with Gasteiger partial charge in [0.05, 0.1) is 0 Å². The van der Waals surface area contributed by atoms with Gasteiger partial charge in [-0.25, -0.2) is 4.39 Å². The van der Waals surface area contributed by atoms with Gasteiger partial charge in [0.1, 0.15) is 11.0 Å². The summed E-state index contributed by atoms with van der Waals surface area (Å²) in [5.74, 6) is -0.530. The van der Waals surface area contributed by atoms with Gasteiger partial charge in [-0.15, -0.1) is 0 Å². The summed E-state index contributed by atoms with van der Waals surface area (Å²) in [6.45, 7) is 0. The Bertz CT molecular complexity index is 921. The predicted molar refractivity (Wildman–Crippen MR) is 88.9 cm³/mol. The van der Waals surface area contributed by atoms with E-state index in [0.717, 1.165) is 0 Å². The minimum atomic E-state index is -4.77. The normalized spacial score (nSPS) is 12.4. The molecule has 0 fully saturated rings. The molecule has 2 aromatic rings. The molecular formula is C16H16FK2O7PS. The van der Waals surface area contributed by atoms with E-state index in [1.54, 1.807) is 6.07 Å². The summed E-state index contributed by atoms with van der Waals surface area (Å²) in [7, 11) is -9.33. The second kappa shape index (κ2) is 13.1. The zero-order valence-corrected chi connectivity index (χ0v) is 23.4. The Morgan fingerprint density at radius 3 is 2.32 bits per heavy atom. The number of rotatable bonds is 8. The zero-order chi connectivity index (χ0) is 19.4. The Hall–Kier alpha value is 1.50. The third kappa shape index (κ3) is 10.2. The minimum absolute atomic E-state index is 0. The number of ether oxygens (including phenoxy) is 1. The SMILES string of the molecule is O=P([O-])([O-])CCCC(c1cccc(Oc2ccccc2F)c1)S(=O)(=O)O.[K+].[K+]. The average Bonchev–Trinajstić information content (AvgIpc) is 2.52. The molecule has 0 bridgehead atoms. The average molecular weight is 481 g/mol. The van der Waals surface area contributed by atoms with Gasteiger partial charge in [-0.3, -0.25) is 4.55 Å². The first kappa shape index (κ1) is 29.5. The van der Waals surface area contributed by atoms with Crippen molar-refractivity contribution in [1.29, 1.82) is 0 Å². The van der Waals surface area contributed by atoms with Crippen molar-refractivity contribution in [2.75, 3.05) is 6.16 Å². The molecule has 0 heterocycles. The molecule has 1 unspecified atom stereocenters.